The van der Waals surface area contributed by atoms with Crippen LogP contribution in [0.15, 0.2) is 42.5 Å². The van der Waals surface area contributed by atoms with Gasteiger partial charge in [0.25, 0.3) is 5.24 Å². The maximum absolute atomic E-state index is 11.9. The number of halogens is 1. The van der Waals surface area contributed by atoms with Crippen LogP contribution < -0.4 is 18.9 Å². The fourth-order valence-corrected chi connectivity index (χ4v) is 3.61. The quantitative estimate of drug-likeness (QED) is 0.451. The molecule has 0 amide bonds. The minimum absolute atomic E-state index is 0.218. The Bertz CT molecular complexity index is 974. The molecular weight excluding hydrogens is 560 g/mol. The van der Waals surface area contributed by atoms with Gasteiger partial charge in [-0.05, 0) is 54.1 Å². The van der Waals surface area contributed by atoms with Crippen molar-refractivity contribution in [3.05, 3.63) is 48.0 Å². The van der Waals surface area contributed by atoms with Gasteiger partial charge in [0.2, 0.25) is 0 Å². The van der Waals surface area contributed by atoms with E-state index in [9.17, 15) is 4.79 Å². The Morgan fingerprint density at radius 3 is 1.15 bits per heavy atom. The molecule has 4 bridgehead atoms. The maximum Gasteiger partial charge on any atom is 0.256 e. The van der Waals surface area contributed by atoms with Crippen molar-refractivity contribution in [2.24, 2.45) is 0 Å². The van der Waals surface area contributed by atoms with E-state index in [-0.39, 0.29) is 12.2 Å². The Balaban J connectivity index is 1.39. The van der Waals surface area contributed by atoms with Gasteiger partial charge >= 0.3 is 0 Å². The summed E-state index contributed by atoms with van der Waals surface area (Å²) in [7, 11) is 0. The van der Waals surface area contributed by atoms with E-state index in [1.807, 2.05) is 24.3 Å². The summed E-state index contributed by atoms with van der Waals surface area (Å²) in [5.41, 5.74) is 0.218. The van der Waals surface area contributed by atoms with Crippen molar-refractivity contribution in [1.82, 2.24) is 0 Å². The maximum atomic E-state index is 11.9. The zero-order chi connectivity index (χ0) is 28.8. The van der Waals surface area contributed by atoms with Crippen LogP contribution in [0.5, 0.6) is 23.0 Å². The van der Waals surface area contributed by atoms with Crippen molar-refractivity contribution in [3.8, 4) is 23.0 Å². The first-order valence-corrected chi connectivity index (χ1v) is 14.0. The molecule has 41 heavy (non-hydrogen) atoms. The highest BCUT2D eigenvalue weighted by Gasteiger charge is 2.12. The lowest BCUT2D eigenvalue weighted by atomic mass is 10.2. The normalized spacial score (nSPS) is 18.6. The lowest BCUT2D eigenvalue weighted by Crippen LogP contribution is -2.15. The molecule has 0 spiro atoms. The summed E-state index contributed by atoms with van der Waals surface area (Å²) in [5, 5.41) is -0.639. The highest BCUT2D eigenvalue weighted by atomic mass is 35.5. The van der Waals surface area contributed by atoms with Crippen molar-refractivity contribution in [3.63, 3.8) is 0 Å². The van der Waals surface area contributed by atoms with E-state index in [1.165, 1.54) is 0 Å². The van der Waals surface area contributed by atoms with Gasteiger partial charge in [0.1, 0.15) is 49.4 Å². The summed E-state index contributed by atoms with van der Waals surface area (Å²) in [6.45, 7) is 6.51. The minimum Gasteiger partial charge on any atom is -0.491 e. The summed E-state index contributed by atoms with van der Waals surface area (Å²) >= 11 is 5.74. The smallest absolute Gasteiger partial charge is 0.256 e. The summed E-state index contributed by atoms with van der Waals surface area (Å²) < 4.78 is 55.8. The molecule has 228 valence electrons. The summed E-state index contributed by atoms with van der Waals surface area (Å²) in [6.07, 6.45) is 0. The van der Waals surface area contributed by atoms with Gasteiger partial charge in [0, 0.05) is 0 Å². The molecular formula is C29H39ClO11. The second kappa shape index (κ2) is 21.1. The SMILES string of the molecule is O=C(Cl)c1cc2ccc1OCCOCCOCCOCCOc1ccc(cc1)OCCOCCOCCOCCO2. The van der Waals surface area contributed by atoms with Crippen LogP contribution in [0, 0.1) is 0 Å². The molecule has 0 aliphatic carbocycles. The first-order valence-electron chi connectivity index (χ1n) is 13.6. The molecule has 0 unspecified atom stereocenters. The molecule has 4 aliphatic heterocycles. The molecule has 6 rings (SSSR count). The van der Waals surface area contributed by atoms with E-state index in [2.05, 4.69) is 0 Å². The van der Waals surface area contributed by atoms with E-state index >= 15 is 0 Å². The highest BCUT2D eigenvalue weighted by Crippen LogP contribution is 2.26. The Kier molecular flexibility index (Phi) is 16.9. The fourth-order valence-electron chi connectivity index (χ4n) is 3.46. The molecule has 2 aromatic rings. The van der Waals surface area contributed by atoms with Crippen molar-refractivity contribution in [2.75, 3.05) is 106 Å². The number of carbonyl (C=O) groups is 1. The molecule has 0 N–H and O–H groups in total. The highest BCUT2D eigenvalue weighted by molar-refractivity contribution is 6.68. The molecule has 0 fully saturated rings. The average molecular weight is 599 g/mol. The third-order valence-corrected chi connectivity index (χ3v) is 5.65. The Labute approximate surface area is 245 Å². The number of benzene rings is 2. The number of hydrogen-bond donors (Lipinski definition) is 0. The van der Waals surface area contributed by atoms with Gasteiger partial charge in [0.15, 0.2) is 0 Å². The van der Waals surface area contributed by atoms with Gasteiger partial charge in [-0.1, -0.05) is 0 Å². The van der Waals surface area contributed by atoms with Crippen LogP contribution in [0.2, 0.25) is 0 Å². The summed E-state index contributed by atoms with van der Waals surface area (Å²) in [4.78, 5) is 11.9. The first kappa shape index (κ1) is 32.9. The van der Waals surface area contributed by atoms with Crippen molar-refractivity contribution in [1.29, 1.82) is 0 Å². The van der Waals surface area contributed by atoms with Gasteiger partial charge < -0.3 is 47.4 Å². The van der Waals surface area contributed by atoms with E-state index in [0.717, 1.165) is 11.5 Å². The van der Waals surface area contributed by atoms with E-state index in [0.29, 0.717) is 111 Å². The topological polar surface area (TPSA) is 109 Å². The van der Waals surface area contributed by atoms with Crippen LogP contribution in [0.1, 0.15) is 10.4 Å². The largest absolute Gasteiger partial charge is 0.491 e. The van der Waals surface area contributed by atoms with Gasteiger partial charge in [-0.25, -0.2) is 0 Å². The van der Waals surface area contributed by atoms with Crippen LogP contribution in [0.4, 0.5) is 0 Å². The van der Waals surface area contributed by atoms with Crippen molar-refractivity contribution >= 4 is 16.8 Å². The van der Waals surface area contributed by atoms with Crippen LogP contribution in [0.3, 0.4) is 0 Å². The van der Waals surface area contributed by atoms with Gasteiger partial charge in [-0.3, -0.25) is 4.79 Å². The summed E-state index contributed by atoms with van der Waals surface area (Å²) in [6, 6.07) is 12.3. The second-order valence-electron chi connectivity index (χ2n) is 8.47. The monoisotopic (exact) mass is 598 g/mol. The molecule has 12 heteroatoms. The molecule has 0 saturated carbocycles. The predicted octanol–water partition coefficient (Wildman–Crippen LogP) is 3.39. The lowest BCUT2D eigenvalue weighted by molar-refractivity contribution is 0.00465. The Morgan fingerprint density at radius 2 is 0.756 bits per heavy atom. The standard InChI is InChI=1S/C29H39ClO11/c30-29(31)27-23-26-5-6-28(27)41-22-18-37-14-10-33-8-12-35-16-20-39-25-3-1-24(2-4-25)38-19-15-34-11-7-32-9-13-36-17-21-40-26/h1-6,23H,7-22H2. The lowest BCUT2D eigenvalue weighted by Gasteiger charge is -2.13. The predicted molar refractivity (Wildman–Crippen MR) is 150 cm³/mol. The number of hydrogen-bond acceptors (Lipinski definition) is 11. The number of carbonyl (C=O) groups excluding carboxylic acids is 1. The van der Waals surface area contributed by atoms with Gasteiger partial charge in [0.05, 0.1) is 84.8 Å². The number of rotatable bonds is 1. The molecule has 11 nitrogen and oxygen atoms in total. The third kappa shape index (κ3) is 14.7. The molecule has 2 aromatic carbocycles. The Hall–Kier alpha value is -2.64. The van der Waals surface area contributed by atoms with E-state index < -0.39 is 5.24 Å². The third-order valence-electron chi connectivity index (χ3n) is 5.45. The summed E-state index contributed by atoms with van der Waals surface area (Å²) in [5.74, 6) is 2.33. The fraction of sp³-hybridized carbons (Fsp3) is 0.552. The van der Waals surface area contributed by atoms with Crippen molar-refractivity contribution in [2.45, 2.75) is 0 Å². The van der Waals surface area contributed by atoms with Crippen LogP contribution in [0.25, 0.3) is 0 Å². The molecule has 4 heterocycles. The zero-order valence-corrected chi connectivity index (χ0v) is 24.0. The Morgan fingerprint density at radius 1 is 0.439 bits per heavy atom. The minimum atomic E-state index is -0.639. The average Bonchev–Trinajstić information content (AvgIpc) is 2.98. The van der Waals surface area contributed by atoms with E-state index in [1.54, 1.807) is 18.2 Å². The molecule has 0 atom stereocenters. The van der Waals surface area contributed by atoms with Crippen molar-refractivity contribution < 1.29 is 52.2 Å². The molecule has 4 aliphatic rings. The molecule has 0 radical (unpaired) electrons. The van der Waals surface area contributed by atoms with Gasteiger partial charge in [-0.15, -0.1) is 0 Å². The van der Waals surface area contributed by atoms with Crippen LogP contribution in [-0.2, 0) is 28.4 Å². The molecule has 0 saturated heterocycles. The second-order valence-corrected chi connectivity index (χ2v) is 8.81. The van der Waals surface area contributed by atoms with Gasteiger partial charge in [-0.2, -0.15) is 0 Å². The zero-order valence-electron chi connectivity index (χ0n) is 23.2. The van der Waals surface area contributed by atoms with Crippen LogP contribution in [-0.4, -0.2) is 111 Å². The van der Waals surface area contributed by atoms with Crippen LogP contribution >= 0.6 is 11.6 Å². The van der Waals surface area contributed by atoms with E-state index in [4.69, 9.17) is 59.0 Å². The molecule has 0 aromatic heterocycles. The first-order chi connectivity index (χ1) is 20.2. The number of ether oxygens (including phenoxy) is 10.